The number of hydrogen-bond acceptors (Lipinski definition) is 10. The molecule has 0 unspecified atom stereocenters. The van der Waals surface area contributed by atoms with E-state index < -0.39 is 0 Å². The van der Waals surface area contributed by atoms with Crippen molar-refractivity contribution >= 4 is 23.4 Å². The largest absolute Gasteiger partial charge is 0.493 e. The van der Waals surface area contributed by atoms with Gasteiger partial charge in [0.05, 0.1) is 47.0 Å². The van der Waals surface area contributed by atoms with Crippen molar-refractivity contribution in [1.29, 1.82) is 0 Å². The lowest BCUT2D eigenvalue weighted by molar-refractivity contribution is -0.118. The zero-order valence-corrected chi connectivity index (χ0v) is 24.4. The number of aromatic nitrogens is 3. The van der Waals surface area contributed by atoms with Gasteiger partial charge in [0.25, 0.3) is 5.91 Å². The Labute approximate surface area is 242 Å². The highest BCUT2D eigenvalue weighted by molar-refractivity contribution is 7.99. The molecule has 0 radical (unpaired) electrons. The van der Waals surface area contributed by atoms with Crippen molar-refractivity contribution in [3.63, 3.8) is 0 Å². The van der Waals surface area contributed by atoms with Crippen LogP contribution >= 0.6 is 11.8 Å². The fourth-order valence-electron chi connectivity index (χ4n) is 4.00. The number of amides is 1. The molecule has 214 valence electrons. The van der Waals surface area contributed by atoms with Crippen molar-refractivity contribution in [2.24, 2.45) is 5.10 Å². The summed E-state index contributed by atoms with van der Waals surface area (Å²) in [5.41, 5.74) is 5.53. The van der Waals surface area contributed by atoms with Crippen LogP contribution in [0.1, 0.15) is 12.5 Å². The Bertz CT molecular complexity index is 1520. The number of hydrazone groups is 1. The van der Waals surface area contributed by atoms with E-state index in [1.165, 1.54) is 11.8 Å². The smallest absolute Gasteiger partial charge is 0.250 e. The van der Waals surface area contributed by atoms with Crippen LogP contribution in [-0.2, 0) is 4.79 Å². The predicted octanol–water partition coefficient (Wildman–Crippen LogP) is 4.61. The molecular weight excluding hydrogens is 546 g/mol. The first-order valence-electron chi connectivity index (χ1n) is 12.4. The van der Waals surface area contributed by atoms with Crippen LogP contribution in [0.2, 0.25) is 0 Å². The van der Waals surface area contributed by atoms with E-state index in [2.05, 4.69) is 20.7 Å². The maximum Gasteiger partial charge on any atom is 0.250 e. The summed E-state index contributed by atoms with van der Waals surface area (Å²) in [5, 5.41) is 13.6. The van der Waals surface area contributed by atoms with Gasteiger partial charge < -0.3 is 23.7 Å². The van der Waals surface area contributed by atoms with Crippen LogP contribution in [0.5, 0.6) is 28.7 Å². The number of hydrogen-bond donors (Lipinski definition) is 1. The molecule has 4 aromatic rings. The number of nitrogens with one attached hydrogen (secondary N) is 1. The van der Waals surface area contributed by atoms with Crippen LogP contribution in [0.3, 0.4) is 0 Å². The third-order valence-electron chi connectivity index (χ3n) is 6.05. The molecule has 0 aliphatic heterocycles. The lowest BCUT2D eigenvalue weighted by Crippen LogP contribution is -2.21. The molecule has 3 aromatic carbocycles. The number of carbonyl (C=O) groups excluding carboxylic acids is 1. The third-order valence-corrected chi connectivity index (χ3v) is 6.98. The molecule has 11 nitrogen and oxygen atoms in total. The first-order valence-corrected chi connectivity index (χ1v) is 13.4. The van der Waals surface area contributed by atoms with Gasteiger partial charge in [0.1, 0.15) is 0 Å². The summed E-state index contributed by atoms with van der Waals surface area (Å²) in [7, 11) is 7.79. The number of ether oxygens (including phenoxy) is 5. The summed E-state index contributed by atoms with van der Waals surface area (Å²) in [6.07, 6.45) is 0. The molecule has 0 bridgehead atoms. The second-order valence-electron chi connectivity index (χ2n) is 8.48. The normalized spacial score (nSPS) is 11.1. The van der Waals surface area contributed by atoms with E-state index >= 15 is 0 Å². The molecule has 1 amide bonds. The Kier molecular flexibility index (Phi) is 9.69. The molecule has 1 aromatic heterocycles. The Hall–Kier alpha value is -4.71. The molecule has 1 N–H and O–H groups in total. The average Bonchev–Trinajstić information content (AvgIpc) is 3.45. The monoisotopic (exact) mass is 577 g/mol. The van der Waals surface area contributed by atoms with Crippen molar-refractivity contribution in [2.75, 3.05) is 41.3 Å². The van der Waals surface area contributed by atoms with Gasteiger partial charge in [-0.05, 0) is 49.4 Å². The molecule has 0 fully saturated rings. The van der Waals surface area contributed by atoms with Gasteiger partial charge in [-0.1, -0.05) is 30.0 Å². The summed E-state index contributed by atoms with van der Waals surface area (Å²) in [6, 6.07) is 18.7. The van der Waals surface area contributed by atoms with Gasteiger partial charge in [-0.2, -0.15) is 5.10 Å². The van der Waals surface area contributed by atoms with Crippen LogP contribution in [0, 0.1) is 0 Å². The van der Waals surface area contributed by atoms with Crippen LogP contribution in [0.25, 0.3) is 17.1 Å². The van der Waals surface area contributed by atoms with E-state index in [4.69, 9.17) is 23.7 Å². The van der Waals surface area contributed by atoms with Crippen molar-refractivity contribution in [3.05, 3.63) is 66.2 Å². The highest BCUT2D eigenvalue weighted by Crippen LogP contribution is 2.41. The van der Waals surface area contributed by atoms with E-state index in [9.17, 15) is 4.79 Å². The van der Waals surface area contributed by atoms with Crippen LogP contribution < -0.4 is 29.1 Å². The Balaban J connectivity index is 1.58. The van der Waals surface area contributed by atoms with Gasteiger partial charge in [-0.25, -0.2) is 5.43 Å². The van der Waals surface area contributed by atoms with Gasteiger partial charge in [0.15, 0.2) is 34.0 Å². The summed E-state index contributed by atoms with van der Waals surface area (Å²) in [6.45, 7) is 1.80. The van der Waals surface area contributed by atoms with E-state index in [-0.39, 0.29) is 11.7 Å². The van der Waals surface area contributed by atoms with E-state index in [1.54, 1.807) is 66.7 Å². The van der Waals surface area contributed by atoms with E-state index in [1.807, 2.05) is 41.0 Å². The van der Waals surface area contributed by atoms with Crippen molar-refractivity contribution in [3.8, 4) is 45.8 Å². The van der Waals surface area contributed by atoms with Gasteiger partial charge in [-0.15, -0.1) is 10.2 Å². The minimum Gasteiger partial charge on any atom is -0.493 e. The Morgan fingerprint density at radius 3 is 2.10 bits per heavy atom. The first-order chi connectivity index (χ1) is 19.9. The topological polar surface area (TPSA) is 118 Å². The highest BCUT2D eigenvalue weighted by Gasteiger charge is 2.21. The molecule has 0 saturated carbocycles. The van der Waals surface area contributed by atoms with Crippen LogP contribution in [-0.4, -0.2) is 67.7 Å². The fraction of sp³-hybridized carbons (Fsp3) is 0.241. The van der Waals surface area contributed by atoms with E-state index in [0.29, 0.717) is 51.0 Å². The third kappa shape index (κ3) is 6.55. The highest BCUT2D eigenvalue weighted by atomic mass is 32.2. The molecule has 4 rings (SSSR count). The minimum absolute atomic E-state index is 0.0585. The average molecular weight is 578 g/mol. The predicted molar refractivity (Wildman–Crippen MR) is 157 cm³/mol. The summed E-state index contributed by atoms with van der Waals surface area (Å²) < 4.78 is 29.0. The lowest BCUT2D eigenvalue weighted by Gasteiger charge is -2.15. The van der Waals surface area contributed by atoms with E-state index in [0.717, 1.165) is 11.3 Å². The first kappa shape index (κ1) is 29.3. The molecule has 0 spiro atoms. The van der Waals surface area contributed by atoms with Gasteiger partial charge in [-0.3, -0.25) is 9.36 Å². The molecule has 0 aliphatic carbocycles. The molecule has 0 saturated heterocycles. The molecule has 0 aliphatic rings. The number of methoxy groups -OCH3 is 5. The second kappa shape index (κ2) is 13.6. The maximum absolute atomic E-state index is 12.7. The number of benzene rings is 3. The number of para-hydroxylation sites is 1. The van der Waals surface area contributed by atoms with Gasteiger partial charge >= 0.3 is 0 Å². The number of rotatable bonds is 12. The summed E-state index contributed by atoms with van der Waals surface area (Å²) in [4.78, 5) is 12.7. The summed E-state index contributed by atoms with van der Waals surface area (Å²) in [5.74, 6) is 2.93. The SMILES string of the molecule is COc1ccc(/C(C)=N/NC(=O)CSc2nnc(-c3cc(OC)c(OC)c(OC)c3)n2-c2ccccc2)cc1OC. The molecular formula is C29H31N5O6S. The van der Waals surface area contributed by atoms with Gasteiger partial charge in [0, 0.05) is 16.8 Å². The second-order valence-corrected chi connectivity index (χ2v) is 9.42. The Morgan fingerprint density at radius 1 is 0.829 bits per heavy atom. The maximum atomic E-state index is 12.7. The van der Waals surface area contributed by atoms with Crippen LogP contribution in [0.4, 0.5) is 0 Å². The van der Waals surface area contributed by atoms with Crippen molar-refractivity contribution in [1.82, 2.24) is 20.2 Å². The standard InChI is InChI=1S/C29H31N5O6S/c1-18(19-12-13-22(36-2)23(14-19)37-3)30-31-26(35)17-41-29-33-32-28(34(29)21-10-8-7-9-11-21)20-15-24(38-4)27(40-6)25(16-20)39-5/h7-16H,17H2,1-6H3,(H,31,35)/b30-18+. The van der Waals surface area contributed by atoms with Crippen molar-refractivity contribution < 1.29 is 28.5 Å². The lowest BCUT2D eigenvalue weighted by atomic mass is 10.1. The quantitative estimate of drug-likeness (QED) is 0.146. The van der Waals surface area contributed by atoms with Crippen LogP contribution in [0.15, 0.2) is 70.9 Å². The number of carbonyl (C=O) groups is 1. The summed E-state index contributed by atoms with van der Waals surface area (Å²) >= 11 is 1.24. The fourth-order valence-corrected chi connectivity index (χ4v) is 4.75. The zero-order chi connectivity index (χ0) is 29.4. The minimum atomic E-state index is -0.299. The van der Waals surface area contributed by atoms with Gasteiger partial charge in [0.2, 0.25) is 5.75 Å². The van der Waals surface area contributed by atoms with Crippen molar-refractivity contribution in [2.45, 2.75) is 12.1 Å². The molecule has 0 atom stereocenters. The zero-order valence-electron chi connectivity index (χ0n) is 23.6. The Morgan fingerprint density at radius 2 is 1.49 bits per heavy atom. The molecule has 41 heavy (non-hydrogen) atoms. The molecule has 1 heterocycles. The number of thioether (sulfide) groups is 1. The number of nitrogens with zero attached hydrogens (tertiary/aromatic N) is 4. The molecule has 12 heteroatoms.